The minimum absolute atomic E-state index is 0. The second-order valence-corrected chi connectivity index (χ2v) is 5.65. The summed E-state index contributed by atoms with van der Waals surface area (Å²) in [7, 11) is 9.65. The molecule has 2 aromatic rings. The lowest BCUT2D eigenvalue weighted by molar-refractivity contribution is 0.323. The van der Waals surface area contributed by atoms with Gasteiger partial charge in [0.25, 0.3) is 0 Å². The Bertz CT molecular complexity index is 805. The molecule has 9 heteroatoms. The van der Waals surface area contributed by atoms with Crippen molar-refractivity contribution >= 4 is 35.6 Å². The van der Waals surface area contributed by atoms with Crippen molar-refractivity contribution < 1.29 is 23.7 Å². The van der Waals surface area contributed by atoms with Crippen LogP contribution in [0.2, 0.25) is 0 Å². The molecule has 8 nitrogen and oxygen atoms in total. The Balaban J connectivity index is 0.00000420. The number of halogens is 1. The summed E-state index contributed by atoms with van der Waals surface area (Å²) in [5, 5.41) is 6.48. The van der Waals surface area contributed by atoms with Crippen LogP contribution in [0.1, 0.15) is 5.56 Å². The first kappa shape index (κ1) is 24.5. The first-order chi connectivity index (χ1) is 13.6. The van der Waals surface area contributed by atoms with Crippen LogP contribution in [0.4, 0.5) is 5.69 Å². The highest BCUT2D eigenvalue weighted by Crippen LogP contribution is 2.38. The van der Waals surface area contributed by atoms with Crippen LogP contribution >= 0.6 is 24.0 Å². The van der Waals surface area contributed by atoms with Gasteiger partial charge in [0.2, 0.25) is 5.75 Å². The quantitative estimate of drug-likeness (QED) is 0.315. The van der Waals surface area contributed by atoms with Crippen LogP contribution < -0.4 is 34.3 Å². The maximum atomic E-state index is 5.39. The summed E-state index contributed by atoms with van der Waals surface area (Å²) in [6, 6.07) is 9.32. The number of guanidine groups is 1. The van der Waals surface area contributed by atoms with Crippen LogP contribution in [-0.4, -0.2) is 48.6 Å². The molecule has 0 saturated heterocycles. The highest BCUT2D eigenvalue weighted by Gasteiger charge is 2.13. The molecule has 0 saturated carbocycles. The van der Waals surface area contributed by atoms with E-state index in [0.29, 0.717) is 41.3 Å². The predicted molar refractivity (Wildman–Crippen MR) is 125 cm³/mol. The number of nitrogens with one attached hydrogen (secondary N) is 2. The van der Waals surface area contributed by atoms with E-state index in [1.807, 2.05) is 30.3 Å². The molecule has 0 aliphatic carbocycles. The molecule has 0 unspecified atom stereocenters. The number of hydrogen-bond donors (Lipinski definition) is 2. The molecule has 160 valence electrons. The summed E-state index contributed by atoms with van der Waals surface area (Å²) in [4.78, 5) is 4.25. The fourth-order valence-electron chi connectivity index (χ4n) is 2.65. The maximum Gasteiger partial charge on any atom is 0.203 e. The Hall–Kier alpha value is -2.56. The summed E-state index contributed by atoms with van der Waals surface area (Å²) < 4.78 is 26.7. The molecular formula is C20H28IN3O5. The molecule has 29 heavy (non-hydrogen) atoms. The number of methoxy groups -OCH3 is 5. The lowest BCUT2D eigenvalue weighted by Gasteiger charge is -2.16. The highest BCUT2D eigenvalue weighted by atomic mass is 127. The summed E-state index contributed by atoms with van der Waals surface area (Å²) in [6.45, 7) is 0.504. The van der Waals surface area contributed by atoms with Crippen LogP contribution in [0.3, 0.4) is 0 Å². The standard InChI is InChI=1S/C20H27N3O5.HI/c1-21-20(23-14-7-8-15(24-2)16(11-14)25-3)22-12-13-9-17(26-4)19(28-6)18(10-13)27-5;/h7-11H,12H2,1-6H3,(H2,21,22,23);1H. The van der Waals surface area contributed by atoms with Gasteiger partial charge in [0.05, 0.1) is 35.5 Å². The number of anilines is 1. The van der Waals surface area contributed by atoms with Crippen molar-refractivity contribution in [2.75, 3.05) is 47.9 Å². The average Bonchev–Trinajstić information content (AvgIpc) is 2.75. The first-order valence-corrected chi connectivity index (χ1v) is 8.58. The van der Waals surface area contributed by atoms with Gasteiger partial charge >= 0.3 is 0 Å². The number of hydrogen-bond acceptors (Lipinski definition) is 6. The lowest BCUT2D eigenvalue weighted by atomic mass is 10.2. The van der Waals surface area contributed by atoms with Crippen molar-refractivity contribution in [2.24, 2.45) is 4.99 Å². The summed E-state index contributed by atoms with van der Waals surface area (Å²) >= 11 is 0. The third-order valence-electron chi connectivity index (χ3n) is 4.05. The highest BCUT2D eigenvalue weighted by molar-refractivity contribution is 14.0. The SMILES string of the molecule is CN=C(NCc1cc(OC)c(OC)c(OC)c1)Nc1ccc(OC)c(OC)c1.I. The molecule has 0 aliphatic rings. The van der Waals surface area contributed by atoms with E-state index in [1.54, 1.807) is 42.6 Å². The van der Waals surface area contributed by atoms with E-state index in [1.165, 1.54) is 0 Å². The molecule has 2 aromatic carbocycles. The fraction of sp³-hybridized carbons (Fsp3) is 0.350. The van der Waals surface area contributed by atoms with Gasteiger partial charge in [-0.1, -0.05) is 0 Å². The molecule has 0 bridgehead atoms. The Morgan fingerprint density at radius 3 is 1.86 bits per heavy atom. The first-order valence-electron chi connectivity index (χ1n) is 8.58. The van der Waals surface area contributed by atoms with Crippen LogP contribution in [0.15, 0.2) is 35.3 Å². The zero-order valence-electron chi connectivity index (χ0n) is 17.5. The van der Waals surface area contributed by atoms with Crippen LogP contribution in [0.5, 0.6) is 28.7 Å². The van der Waals surface area contributed by atoms with E-state index in [4.69, 9.17) is 23.7 Å². The molecule has 2 N–H and O–H groups in total. The number of benzene rings is 2. The third-order valence-corrected chi connectivity index (χ3v) is 4.05. The molecule has 2 rings (SSSR count). The Labute approximate surface area is 188 Å². The number of nitrogens with zero attached hydrogens (tertiary/aromatic N) is 1. The van der Waals surface area contributed by atoms with E-state index < -0.39 is 0 Å². The van der Waals surface area contributed by atoms with Crippen molar-refractivity contribution in [1.29, 1.82) is 0 Å². The minimum Gasteiger partial charge on any atom is -0.493 e. The van der Waals surface area contributed by atoms with Gasteiger partial charge in [-0.05, 0) is 29.8 Å². The molecule has 0 atom stereocenters. The lowest BCUT2D eigenvalue weighted by Crippen LogP contribution is -2.30. The second kappa shape index (κ2) is 12.1. The van der Waals surface area contributed by atoms with Gasteiger partial charge in [-0.25, -0.2) is 0 Å². The fourth-order valence-corrected chi connectivity index (χ4v) is 2.65. The molecule has 0 fully saturated rings. The predicted octanol–water partition coefficient (Wildman–Crippen LogP) is 3.54. The van der Waals surface area contributed by atoms with Crippen molar-refractivity contribution in [3.63, 3.8) is 0 Å². The van der Waals surface area contributed by atoms with E-state index in [0.717, 1.165) is 11.3 Å². The van der Waals surface area contributed by atoms with Crippen LogP contribution in [-0.2, 0) is 6.54 Å². The Kier molecular flexibility index (Phi) is 10.2. The van der Waals surface area contributed by atoms with E-state index in [-0.39, 0.29) is 24.0 Å². The zero-order valence-corrected chi connectivity index (χ0v) is 19.8. The van der Waals surface area contributed by atoms with Gasteiger partial charge in [-0.2, -0.15) is 0 Å². The van der Waals surface area contributed by atoms with Crippen molar-refractivity contribution in [3.05, 3.63) is 35.9 Å². The van der Waals surface area contributed by atoms with E-state index in [2.05, 4.69) is 15.6 Å². The molecule has 0 aromatic heterocycles. The smallest absolute Gasteiger partial charge is 0.203 e. The van der Waals surface area contributed by atoms with Gasteiger partial charge in [0, 0.05) is 25.3 Å². The van der Waals surface area contributed by atoms with Crippen molar-refractivity contribution in [3.8, 4) is 28.7 Å². The molecule has 0 radical (unpaired) electrons. The largest absolute Gasteiger partial charge is 0.493 e. The van der Waals surface area contributed by atoms with Gasteiger partial charge in [0.15, 0.2) is 29.0 Å². The summed E-state index contributed by atoms with van der Waals surface area (Å²) in [5.74, 6) is 3.64. The van der Waals surface area contributed by atoms with E-state index >= 15 is 0 Å². The minimum atomic E-state index is 0. The average molecular weight is 517 g/mol. The van der Waals surface area contributed by atoms with Crippen molar-refractivity contribution in [1.82, 2.24) is 5.32 Å². The van der Waals surface area contributed by atoms with Gasteiger partial charge in [-0.15, -0.1) is 24.0 Å². The maximum absolute atomic E-state index is 5.39. The van der Waals surface area contributed by atoms with E-state index in [9.17, 15) is 0 Å². The normalized spacial score (nSPS) is 10.5. The van der Waals surface area contributed by atoms with Crippen molar-refractivity contribution in [2.45, 2.75) is 6.54 Å². The summed E-state index contributed by atoms with van der Waals surface area (Å²) in [5.41, 5.74) is 1.76. The van der Waals surface area contributed by atoms with Gasteiger partial charge < -0.3 is 34.3 Å². The molecule has 0 heterocycles. The summed E-state index contributed by atoms with van der Waals surface area (Å²) in [6.07, 6.45) is 0. The molecule has 0 aliphatic heterocycles. The number of ether oxygens (including phenoxy) is 5. The number of aliphatic imine (C=N–C) groups is 1. The Morgan fingerprint density at radius 2 is 1.38 bits per heavy atom. The van der Waals surface area contributed by atoms with Crippen LogP contribution in [0, 0.1) is 0 Å². The molecular weight excluding hydrogens is 489 g/mol. The topological polar surface area (TPSA) is 82.6 Å². The zero-order chi connectivity index (χ0) is 20.5. The van der Waals surface area contributed by atoms with Gasteiger partial charge in [0.1, 0.15) is 0 Å². The van der Waals surface area contributed by atoms with Gasteiger partial charge in [-0.3, -0.25) is 4.99 Å². The Morgan fingerprint density at radius 1 is 0.793 bits per heavy atom. The second-order valence-electron chi connectivity index (χ2n) is 5.65. The van der Waals surface area contributed by atoms with Crippen LogP contribution in [0.25, 0.3) is 0 Å². The monoisotopic (exact) mass is 517 g/mol. The third kappa shape index (κ3) is 6.21. The number of rotatable bonds is 8. The molecule has 0 amide bonds. The molecule has 0 spiro atoms.